The highest BCUT2D eigenvalue weighted by Crippen LogP contribution is 2.18. The minimum atomic E-state index is 0.0836. The van der Waals surface area contributed by atoms with Gasteiger partial charge in [-0.1, -0.05) is 18.5 Å². The van der Waals surface area contributed by atoms with E-state index >= 15 is 0 Å². The highest BCUT2D eigenvalue weighted by molar-refractivity contribution is 7.98. The molecule has 1 heterocycles. The molecule has 3 nitrogen and oxygen atoms in total. The van der Waals surface area contributed by atoms with Gasteiger partial charge in [0.15, 0.2) is 5.78 Å². The summed E-state index contributed by atoms with van der Waals surface area (Å²) >= 11 is 7.60. The number of thioether (sulfide) groups is 1. The second kappa shape index (κ2) is 6.18. The number of carbonyl (C=O) groups is 1. The van der Waals surface area contributed by atoms with Crippen molar-refractivity contribution in [1.82, 2.24) is 9.78 Å². The van der Waals surface area contributed by atoms with Crippen LogP contribution in [0.3, 0.4) is 0 Å². The van der Waals surface area contributed by atoms with E-state index in [-0.39, 0.29) is 5.78 Å². The minimum absolute atomic E-state index is 0.0836. The fourth-order valence-electron chi connectivity index (χ4n) is 1.33. The molecule has 0 N–H and O–H groups in total. The van der Waals surface area contributed by atoms with Crippen molar-refractivity contribution in [3.8, 4) is 0 Å². The highest BCUT2D eigenvalue weighted by atomic mass is 35.5. The Morgan fingerprint density at radius 3 is 3.00 bits per heavy atom. The molecule has 0 bridgehead atoms. The molecule has 0 atom stereocenters. The normalized spacial score (nSPS) is 10.6. The molecule has 1 aromatic rings. The van der Waals surface area contributed by atoms with Gasteiger partial charge in [0.2, 0.25) is 0 Å². The second-order valence-corrected chi connectivity index (χ2v) is 4.62. The third kappa shape index (κ3) is 3.24. The molecule has 1 aromatic heterocycles. The van der Waals surface area contributed by atoms with E-state index in [1.807, 2.05) is 13.2 Å². The van der Waals surface area contributed by atoms with Crippen molar-refractivity contribution in [2.45, 2.75) is 26.3 Å². The highest BCUT2D eigenvalue weighted by Gasteiger charge is 2.16. The van der Waals surface area contributed by atoms with Gasteiger partial charge < -0.3 is 0 Å². The van der Waals surface area contributed by atoms with Gasteiger partial charge in [-0.25, -0.2) is 0 Å². The van der Waals surface area contributed by atoms with Crippen LogP contribution in [-0.2, 0) is 6.54 Å². The van der Waals surface area contributed by atoms with Gasteiger partial charge in [0, 0.05) is 18.7 Å². The number of rotatable bonds is 6. The largest absolute Gasteiger partial charge is 0.292 e. The monoisotopic (exact) mass is 246 g/mol. The van der Waals surface area contributed by atoms with Gasteiger partial charge in [-0.05, 0) is 12.7 Å². The van der Waals surface area contributed by atoms with Crippen LogP contribution in [0.15, 0.2) is 6.20 Å². The average molecular weight is 247 g/mol. The Morgan fingerprint density at radius 2 is 2.40 bits per heavy atom. The standard InChI is InChI=1S/C10H15ClN2OS/c1-3-5-13-10(8(11)7-12-13)9(14)4-6-15-2/h7H,3-6H2,1-2H3. The van der Waals surface area contributed by atoms with Crippen molar-refractivity contribution in [3.63, 3.8) is 0 Å². The fraction of sp³-hybridized carbons (Fsp3) is 0.600. The first-order valence-corrected chi connectivity index (χ1v) is 6.71. The molecule has 0 aromatic carbocycles. The molecule has 0 aliphatic rings. The van der Waals surface area contributed by atoms with Gasteiger partial charge in [-0.2, -0.15) is 16.9 Å². The Kier molecular flexibility index (Phi) is 5.19. The molecule has 0 saturated carbocycles. The molecule has 0 saturated heterocycles. The van der Waals surface area contributed by atoms with E-state index in [0.717, 1.165) is 18.7 Å². The van der Waals surface area contributed by atoms with Crippen LogP contribution < -0.4 is 0 Å². The zero-order valence-corrected chi connectivity index (χ0v) is 10.6. The van der Waals surface area contributed by atoms with E-state index in [2.05, 4.69) is 5.10 Å². The maximum atomic E-state index is 11.8. The lowest BCUT2D eigenvalue weighted by atomic mass is 10.2. The summed E-state index contributed by atoms with van der Waals surface area (Å²) in [5.74, 6) is 0.909. The molecule has 0 aliphatic carbocycles. The van der Waals surface area contributed by atoms with Gasteiger partial charge in [0.05, 0.1) is 11.2 Å². The summed E-state index contributed by atoms with van der Waals surface area (Å²) in [7, 11) is 0. The number of aryl methyl sites for hydroxylation is 1. The molecule has 15 heavy (non-hydrogen) atoms. The van der Waals surface area contributed by atoms with Crippen LogP contribution in [-0.4, -0.2) is 27.6 Å². The van der Waals surface area contributed by atoms with Crippen molar-refractivity contribution in [2.24, 2.45) is 0 Å². The van der Waals surface area contributed by atoms with E-state index in [0.29, 0.717) is 17.1 Å². The molecule has 84 valence electrons. The Labute approximate surface area is 99.2 Å². The Bertz CT molecular complexity index is 338. The predicted octanol–water partition coefficient (Wildman–Crippen LogP) is 2.88. The van der Waals surface area contributed by atoms with E-state index in [1.54, 1.807) is 22.6 Å². The van der Waals surface area contributed by atoms with Crippen molar-refractivity contribution in [2.75, 3.05) is 12.0 Å². The number of aromatic nitrogens is 2. The SMILES string of the molecule is CCCn1ncc(Cl)c1C(=O)CCSC. The molecule has 0 amide bonds. The van der Waals surface area contributed by atoms with Crippen LogP contribution in [0, 0.1) is 0 Å². The number of hydrogen-bond acceptors (Lipinski definition) is 3. The molecule has 5 heteroatoms. The van der Waals surface area contributed by atoms with E-state index in [1.165, 1.54) is 0 Å². The zero-order valence-electron chi connectivity index (χ0n) is 8.99. The molecular formula is C10H15ClN2OS. The van der Waals surface area contributed by atoms with E-state index < -0.39 is 0 Å². The van der Waals surface area contributed by atoms with Crippen molar-refractivity contribution in [3.05, 3.63) is 16.9 Å². The quantitative estimate of drug-likeness (QED) is 0.724. The Balaban J connectivity index is 2.80. The molecule has 0 unspecified atom stereocenters. The molecule has 0 radical (unpaired) electrons. The first-order chi connectivity index (χ1) is 7.20. The van der Waals surface area contributed by atoms with Crippen molar-refractivity contribution in [1.29, 1.82) is 0 Å². The summed E-state index contributed by atoms with van der Waals surface area (Å²) in [6.45, 7) is 2.79. The number of nitrogens with zero attached hydrogens (tertiary/aromatic N) is 2. The maximum Gasteiger partial charge on any atom is 0.183 e. The summed E-state index contributed by atoms with van der Waals surface area (Å²) < 4.78 is 1.70. The summed E-state index contributed by atoms with van der Waals surface area (Å²) in [5.41, 5.74) is 0.563. The summed E-state index contributed by atoms with van der Waals surface area (Å²) in [6.07, 6.45) is 5.00. The predicted molar refractivity (Wildman–Crippen MR) is 64.9 cm³/mol. The lowest BCUT2D eigenvalue weighted by Crippen LogP contribution is -2.11. The van der Waals surface area contributed by atoms with Crippen molar-refractivity contribution >= 4 is 29.1 Å². The minimum Gasteiger partial charge on any atom is -0.292 e. The van der Waals surface area contributed by atoms with Gasteiger partial charge in [-0.3, -0.25) is 9.48 Å². The van der Waals surface area contributed by atoms with Crippen LogP contribution in [0.4, 0.5) is 0 Å². The lowest BCUT2D eigenvalue weighted by Gasteiger charge is -2.05. The molecule has 1 rings (SSSR count). The average Bonchev–Trinajstić information content (AvgIpc) is 2.57. The third-order valence-corrected chi connectivity index (χ3v) is 2.92. The van der Waals surface area contributed by atoms with Gasteiger partial charge >= 0.3 is 0 Å². The van der Waals surface area contributed by atoms with Crippen LogP contribution >= 0.6 is 23.4 Å². The molecular weight excluding hydrogens is 232 g/mol. The first-order valence-electron chi connectivity index (χ1n) is 4.94. The number of halogens is 1. The number of ketones is 1. The summed E-state index contributed by atoms with van der Waals surface area (Å²) in [6, 6.07) is 0. The third-order valence-electron chi connectivity index (χ3n) is 2.03. The Morgan fingerprint density at radius 1 is 1.67 bits per heavy atom. The lowest BCUT2D eigenvalue weighted by molar-refractivity contribution is 0.0979. The van der Waals surface area contributed by atoms with Gasteiger partial charge in [-0.15, -0.1) is 0 Å². The molecule has 0 aliphatic heterocycles. The fourth-order valence-corrected chi connectivity index (χ4v) is 1.97. The van der Waals surface area contributed by atoms with Crippen LogP contribution in [0.2, 0.25) is 5.02 Å². The van der Waals surface area contributed by atoms with Gasteiger partial charge in [0.1, 0.15) is 5.69 Å². The number of hydrogen-bond donors (Lipinski definition) is 0. The first kappa shape index (κ1) is 12.6. The summed E-state index contributed by atoms with van der Waals surface area (Å²) in [4.78, 5) is 11.8. The zero-order chi connectivity index (χ0) is 11.3. The summed E-state index contributed by atoms with van der Waals surface area (Å²) in [5, 5.41) is 4.56. The smallest absolute Gasteiger partial charge is 0.183 e. The van der Waals surface area contributed by atoms with Crippen LogP contribution in [0.1, 0.15) is 30.3 Å². The van der Waals surface area contributed by atoms with Crippen molar-refractivity contribution < 1.29 is 4.79 Å². The molecule has 0 spiro atoms. The maximum absolute atomic E-state index is 11.8. The van der Waals surface area contributed by atoms with Crippen LogP contribution in [0.5, 0.6) is 0 Å². The Hall–Kier alpha value is -0.480. The number of Topliss-reactive ketones (excluding diaryl/α,β-unsaturated/α-hetero) is 1. The van der Waals surface area contributed by atoms with Crippen LogP contribution in [0.25, 0.3) is 0 Å². The van der Waals surface area contributed by atoms with E-state index in [9.17, 15) is 4.79 Å². The van der Waals surface area contributed by atoms with E-state index in [4.69, 9.17) is 11.6 Å². The number of carbonyl (C=O) groups excluding carboxylic acids is 1. The topological polar surface area (TPSA) is 34.9 Å². The molecule has 0 fully saturated rings. The second-order valence-electron chi connectivity index (χ2n) is 3.23. The van der Waals surface area contributed by atoms with Gasteiger partial charge in [0.25, 0.3) is 0 Å².